The highest BCUT2D eigenvalue weighted by Crippen LogP contribution is 2.68. The summed E-state index contributed by atoms with van der Waals surface area (Å²) in [7, 11) is 0. The maximum absolute atomic E-state index is 6.72. The summed E-state index contributed by atoms with van der Waals surface area (Å²) in [6, 6.07) is 27.2. The van der Waals surface area contributed by atoms with E-state index in [4.69, 9.17) is 4.74 Å². The van der Waals surface area contributed by atoms with E-state index in [1.807, 2.05) is 0 Å². The average Bonchev–Trinajstić information content (AvgIpc) is 3.32. The number of fused-ring (bicyclic) bond motifs is 15. The van der Waals surface area contributed by atoms with Gasteiger partial charge in [0.1, 0.15) is 0 Å². The molecule has 1 fully saturated rings. The summed E-state index contributed by atoms with van der Waals surface area (Å²) >= 11 is 0. The molecule has 0 aromatic heterocycles. The van der Waals surface area contributed by atoms with Crippen molar-refractivity contribution in [3.63, 3.8) is 0 Å². The second-order valence-electron chi connectivity index (χ2n) is 8.93. The molecular weight excluding hydrogens is 352 g/mol. The molecule has 0 spiro atoms. The van der Waals surface area contributed by atoms with E-state index in [2.05, 4.69) is 86.6 Å². The largest absolute Gasteiger partial charge is 0.364 e. The topological polar surface area (TPSA) is 9.23 Å². The Balaban J connectivity index is 1.62. The molecule has 1 heteroatoms. The van der Waals surface area contributed by atoms with Crippen molar-refractivity contribution in [1.82, 2.24) is 0 Å². The van der Waals surface area contributed by atoms with E-state index in [-0.39, 0.29) is 12.2 Å². The number of aryl methyl sites for hydroxylation is 2. The molecule has 0 saturated carbocycles. The van der Waals surface area contributed by atoms with Crippen LogP contribution in [-0.2, 0) is 4.74 Å². The third-order valence-corrected chi connectivity index (χ3v) is 7.56. The molecule has 2 aliphatic heterocycles. The standard InChI is InChI=1S/C28H22O/c1-15-13-22-19-12-11-17-7-3-4-8-18(17)24(19)26-25(23(22)14-16(15)2)27-20-9-5-6-10-21(20)28(26)29-27/h3-14,25-28H,1-2H3. The van der Waals surface area contributed by atoms with Crippen LogP contribution in [0.4, 0.5) is 0 Å². The van der Waals surface area contributed by atoms with Crippen molar-refractivity contribution in [3.8, 4) is 11.1 Å². The minimum atomic E-state index is 0.153. The zero-order valence-corrected chi connectivity index (χ0v) is 16.6. The Kier molecular flexibility index (Phi) is 2.96. The number of hydrogen-bond acceptors (Lipinski definition) is 1. The van der Waals surface area contributed by atoms with Crippen LogP contribution < -0.4 is 0 Å². The number of benzene rings is 4. The highest BCUT2D eigenvalue weighted by molar-refractivity contribution is 5.95. The minimum absolute atomic E-state index is 0.153. The van der Waals surface area contributed by atoms with Crippen molar-refractivity contribution in [3.05, 3.63) is 106 Å². The molecule has 1 aliphatic carbocycles. The summed E-state index contributed by atoms with van der Waals surface area (Å²) in [4.78, 5) is 0. The molecule has 0 amide bonds. The maximum Gasteiger partial charge on any atom is 0.0913 e. The predicted octanol–water partition coefficient (Wildman–Crippen LogP) is 7.13. The molecule has 3 aliphatic rings. The van der Waals surface area contributed by atoms with Crippen molar-refractivity contribution in [1.29, 1.82) is 0 Å². The van der Waals surface area contributed by atoms with Gasteiger partial charge in [-0.25, -0.2) is 0 Å². The summed E-state index contributed by atoms with van der Waals surface area (Å²) in [5, 5.41) is 2.71. The van der Waals surface area contributed by atoms with Crippen LogP contribution in [-0.4, -0.2) is 0 Å². The number of rotatable bonds is 0. The van der Waals surface area contributed by atoms with Crippen LogP contribution in [0.15, 0.2) is 72.8 Å². The fourth-order valence-corrected chi connectivity index (χ4v) is 6.19. The normalized spacial score (nSPS) is 25.4. The van der Waals surface area contributed by atoms with E-state index in [9.17, 15) is 0 Å². The lowest BCUT2D eigenvalue weighted by Crippen LogP contribution is -2.24. The maximum atomic E-state index is 6.72. The van der Waals surface area contributed by atoms with Gasteiger partial charge in [-0.2, -0.15) is 0 Å². The minimum Gasteiger partial charge on any atom is -0.364 e. The van der Waals surface area contributed by atoms with E-state index in [1.165, 1.54) is 55.3 Å². The molecule has 1 saturated heterocycles. The van der Waals surface area contributed by atoms with Crippen molar-refractivity contribution in [2.24, 2.45) is 0 Å². The molecule has 29 heavy (non-hydrogen) atoms. The average molecular weight is 374 g/mol. The third kappa shape index (κ3) is 1.89. The Bertz CT molecular complexity index is 1330. The molecule has 7 rings (SSSR count). The Hall–Kier alpha value is -2.90. The van der Waals surface area contributed by atoms with Crippen molar-refractivity contribution < 1.29 is 4.74 Å². The summed E-state index contributed by atoms with van der Waals surface area (Å²) in [6.45, 7) is 4.47. The lowest BCUT2D eigenvalue weighted by Gasteiger charge is -2.38. The Labute approximate surface area is 171 Å². The Morgan fingerprint density at radius 3 is 2.14 bits per heavy atom. The van der Waals surface area contributed by atoms with Gasteiger partial charge < -0.3 is 4.74 Å². The molecule has 140 valence electrons. The predicted molar refractivity (Wildman–Crippen MR) is 117 cm³/mol. The van der Waals surface area contributed by atoms with Gasteiger partial charge in [0, 0.05) is 11.8 Å². The molecule has 4 aromatic rings. The monoisotopic (exact) mass is 374 g/mol. The summed E-state index contributed by atoms with van der Waals surface area (Å²) in [5.41, 5.74) is 11.3. The molecular formula is C28H22O. The second kappa shape index (κ2) is 5.37. The van der Waals surface area contributed by atoms with E-state index in [0.29, 0.717) is 11.8 Å². The molecule has 1 nitrogen and oxygen atoms in total. The fourth-order valence-electron chi connectivity index (χ4n) is 6.19. The summed E-state index contributed by atoms with van der Waals surface area (Å²) in [5.74, 6) is 0.771. The molecule has 4 unspecified atom stereocenters. The van der Waals surface area contributed by atoms with Gasteiger partial charge in [0.2, 0.25) is 0 Å². The van der Waals surface area contributed by atoms with Crippen LogP contribution in [0.25, 0.3) is 21.9 Å². The second-order valence-corrected chi connectivity index (χ2v) is 8.93. The lowest BCUT2D eigenvalue weighted by atomic mass is 9.63. The number of hydrogen-bond donors (Lipinski definition) is 0. The zero-order chi connectivity index (χ0) is 19.3. The molecule has 4 aromatic carbocycles. The highest BCUT2D eigenvalue weighted by atomic mass is 16.5. The van der Waals surface area contributed by atoms with Crippen LogP contribution >= 0.6 is 0 Å². The van der Waals surface area contributed by atoms with Gasteiger partial charge in [0.15, 0.2) is 0 Å². The van der Waals surface area contributed by atoms with Gasteiger partial charge in [-0.3, -0.25) is 0 Å². The smallest absolute Gasteiger partial charge is 0.0913 e. The Morgan fingerprint density at radius 1 is 0.621 bits per heavy atom. The van der Waals surface area contributed by atoms with E-state index >= 15 is 0 Å². The highest BCUT2D eigenvalue weighted by Gasteiger charge is 2.56. The first kappa shape index (κ1) is 16.0. The quantitative estimate of drug-likeness (QED) is 0.318. The molecule has 0 radical (unpaired) electrons. The third-order valence-electron chi connectivity index (χ3n) is 7.56. The van der Waals surface area contributed by atoms with Crippen LogP contribution in [0, 0.1) is 13.8 Å². The van der Waals surface area contributed by atoms with Crippen LogP contribution in [0.3, 0.4) is 0 Å². The molecule has 2 heterocycles. The lowest BCUT2D eigenvalue weighted by molar-refractivity contribution is 0.0645. The first-order valence-electron chi connectivity index (χ1n) is 10.6. The van der Waals surface area contributed by atoms with Gasteiger partial charge in [0.25, 0.3) is 0 Å². The van der Waals surface area contributed by atoms with Crippen molar-refractivity contribution in [2.75, 3.05) is 0 Å². The van der Waals surface area contributed by atoms with Gasteiger partial charge >= 0.3 is 0 Å². The van der Waals surface area contributed by atoms with Gasteiger partial charge in [-0.05, 0) is 69.1 Å². The van der Waals surface area contributed by atoms with Crippen molar-refractivity contribution in [2.45, 2.75) is 37.9 Å². The van der Waals surface area contributed by atoms with Crippen LogP contribution in [0.5, 0.6) is 0 Å². The summed E-state index contributed by atoms with van der Waals surface area (Å²) in [6.07, 6.45) is 0.315. The fraction of sp³-hybridized carbons (Fsp3) is 0.214. The number of ether oxygens (including phenoxy) is 1. The van der Waals surface area contributed by atoms with Crippen LogP contribution in [0.2, 0.25) is 0 Å². The van der Waals surface area contributed by atoms with E-state index < -0.39 is 0 Å². The molecule has 2 bridgehead atoms. The van der Waals surface area contributed by atoms with E-state index in [1.54, 1.807) is 0 Å². The van der Waals surface area contributed by atoms with Gasteiger partial charge in [-0.15, -0.1) is 0 Å². The molecule has 4 atom stereocenters. The Morgan fingerprint density at radius 2 is 1.31 bits per heavy atom. The van der Waals surface area contributed by atoms with Crippen LogP contribution in [0.1, 0.15) is 57.4 Å². The van der Waals surface area contributed by atoms with Crippen molar-refractivity contribution >= 4 is 10.8 Å². The van der Waals surface area contributed by atoms with Gasteiger partial charge in [0.05, 0.1) is 12.2 Å². The molecule has 0 N–H and O–H groups in total. The first-order chi connectivity index (χ1) is 14.2. The van der Waals surface area contributed by atoms with Gasteiger partial charge in [-0.1, -0.05) is 72.8 Å². The first-order valence-corrected chi connectivity index (χ1v) is 10.6. The summed E-state index contributed by atoms with van der Waals surface area (Å²) < 4.78 is 6.72. The van der Waals surface area contributed by atoms with E-state index in [0.717, 1.165) is 0 Å². The SMILES string of the molecule is Cc1cc2c(cc1C)C1C3OC(c4ccccc43)C1c1c-2ccc2ccccc12. The zero-order valence-electron chi connectivity index (χ0n) is 16.6.